The van der Waals surface area contributed by atoms with Gasteiger partial charge in [-0.1, -0.05) is 36.5 Å². The molecule has 164 valence electrons. The van der Waals surface area contributed by atoms with Gasteiger partial charge in [-0.3, -0.25) is 19.8 Å². The number of hydrogen-bond acceptors (Lipinski definition) is 8. The summed E-state index contributed by atoms with van der Waals surface area (Å²) >= 11 is 2.48. The number of hydrogen-bond donors (Lipinski definition) is 0. The van der Waals surface area contributed by atoms with Crippen LogP contribution in [0.5, 0.6) is 5.75 Å². The minimum Gasteiger partial charge on any atom is -0.497 e. The zero-order valence-electron chi connectivity index (χ0n) is 17.6. The van der Waals surface area contributed by atoms with E-state index in [1.165, 1.54) is 23.5 Å². The second-order valence-corrected chi connectivity index (χ2v) is 8.72. The molecule has 0 aliphatic heterocycles. The van der Waals surface area contributed by atoms with Crippen LogP contribution in [-0.4, -0.2) is 54.0 Å². The van der Waals surface area contributed by atoms with Crippen LogP contribution in [0.15, 0.2) is 36.4 Å². The molecule has 0 bridgehead atoms. The highest BCUT2D eigenvalue weighted by Gasteiger charge is 2.19. The maximum atomic E-state index is 13.1. The average Bonchev–Trinajstić information content (AvgIpc) is 3.41. The zero-order chi connectivity index (χ0) is 22.4. The number of fused-ring (bicyclic) bond motifs is 1. The number of amides is 1. The normalized spacial score (nSPS) is 11.5. The quantitative estimate of drug-likeness (QED) is 0.248. The van der Waals surface area contributed by atoms with E-state index < -0.39 is 4.92 Å². The van der Waals surface area contributed by atoms with Crippen LogP contribution in [0.4, 0.5) is 10.1 Å². The Morgan fingerprint density at radius 1 is 1.19 bits per heavy atom. The molecular formula is C21H24N4O4S2. The molecule has 3 rings (SSSR count). The van der Waals surface area contributed by atoms with Crippen molar-refractivity contribution in [3.05, 3.63) is 51.4 Å². The number of nitrogens with zero attached hydrogens (tertiary/aromatic N) is 4. The first-order valence-corrected chi connectivity index (χ1v) is 11.5. The highest BCUT2D eigenvalue weighted by molar-refractivity contribution is 7.22. The smallest absolute Gasteiger partial charge is 0.324 e. The molecule has 31 heavy (non-hydrogen) atoms. The first-order chi connectivity index (χ1) is 14.9. The summed E-state index contributed by atoms with van der Waals surface area (Å²) < 4.78 is 6.24. The molecule has 0 saturated carbocycles. The van der Waals surface area contributed by atoms with Gasteiger partial charge >= 0.3 is 5.00 Å². The van der Waals surface area contributed by atoms with Gasteiger partial charge in [-0.25, -0.2) is 4.98 Å². The van der Waals surface area contributed by atoms with Crippen LogP contribution in [0.3, 0.4) is 0 Å². The van der Waals surface area contributed by atoms with Crippen molar-refractivity contribution in [3.63, 3.8) is 0 Å². The summed E-state index contributed by atoms with van der Waals surface area (Å²) in [6.07, 6.45) is 3.06. The molecule has 0 fully saturated rings. The zero-order valence-corrected chi connectivity index (χ0v) is 19.2. The van der Waals surface area contributed by atoms with Crippen molar-refractivity contribution >= 4 is 55.0 Å². The maximum absolute atomic E-state index is 13.1. The second-order valence-electron chi connectivity index (χ2n) is 6.61. The van der Waals surface area contributed by atoms with Crippen molar-refractivity contribution < 1.29 is 14.5 Å². The minimum absolute atomic E-state index is 0.0469. The Labute approximate surface area is 188 Å². The van der Waals surface area contributed by atoms with Crippen molar-refractivity contribution in [1.29, 1.82) is 0 Å². The van der Waals surface area contributed by atoms with Crippen LogP contribution in [0.1, 0.15) is 18.7 Å². The van der Waals surface area contributed by atoms with Crippen molar-refractivity contribution in [3.8, 4) is 5.75 Å². The Balaban J connectivity index is 1.86. The summed E-state index contributed by atoms with van der Waals surface area (Å²) in [7, 11) is 1.61. The second kappa shape index (κ2) is 10.5. The first kappa shape index (κ1) is 22.9. The van der Waals surface area contributed by atoms with Crippen LogP contribution < -0.4 is 9.64 Å². The molecule has 0 aliphatic carbocycles. The Kier molecular flexibility index (Phi) is 7.72. The average molecular weight is 461 g/mol. The third-order valence-corrected chi connectivity index (χ3v) is 6.86. The summed E-state index contributed by atoms with van der Waals surface area (Å²) in [6, 6.07) is 8.73. The molecule has 0 aliphatic rings. The van der Waals surface area contributed by atoms with E-state index in [4.69, 9.17) is 4.74 Å². The fourth-order valence-corrected chi connectivity index (χ4v) is 4.69. The SMILES string of the molecule is CCN(CC)CCN(C(=O)C=Cc1ccc([N+](=O)[O-])s1)c1nc2cc(OC)ccc2s1. The molecule has 1 aromatic carbocycles. The molecule has 0 N–H and O–H groups in total. The predicted molar refractivity (Wildman–Crippen MR) is 126 cm³/mol. The third kappa shape index (κ3) is 5.66. The van der Waals surface area contributed by atoms with E-state index in [1.807, 2.05) is 18.2 Å². The Morgan fingerprint density at radius 2 is 1.97 bits per heavy atom. The van der Waals surface area contributed by atoms with Crippen LogP contribution in [0.25, 0.3) is 16.3 Å². The van der Waals surface area contributed by atoms with Gasteiger partial charge in [0.05, 0.1) is 22.2 Å². The number of benzene rings is 1. The van der Waals surface area contributed by atoms with Crippen LogP contribution in [-0.2, 0) is 4.79 Å². The summed E-state index contributed by atoms with van der Waals surface area (Å²) in [5.41, 5.74) is 0.776. The molecule has 3 aromatic rings. The number of thiophene rings is 1. The molecule has 1 amide bonds. The molecule has 0 radical (unpaired) electrons. The number of aromatic nitrogens is 1. The fourth-order valence-electron chi connectivity index (χ4n) is 2.99. The number of carbonyl (C=O) groups is 1. The Bertz CT molecular complexity index is 1090. The van der Waals surface area contributed by atoms with Crippen LogP contribution in [0.2, 0.25) is 0 Å². The first-order valence-electron chi connectivity index (χ1n) is 9.85. The van der Waals surface area contributed by atoms with E-state index in [0.29, 0.717) is 22.3 Å². The Morgan fingerprint density at radius 3 is 2.61 bits per heavy atom. The molecule has 0 atom stereocenters. The lowest BCUT2D eigenvalue weighted by Crippen LogP contribution is -2.38. The summed E-state index contributed by atoms with van der Waals surface area (Å²) in [4.78, 5) is 32.7. The number of nitro groups is 1. The van der Waals surface area contributed by atoms with Gasteiger partial charge in [-0.05, 0) is 37.4 Å². The topological polar surface area (TPSA) is 88.8 Å². The lowest BCUT2D eigenvalue weighted by atomic mass is 10.3. The molecular weight excluding hydrogens is 436 g/mol. The number of thiazole rings is 1. The van der Waals surface area contributed by atoms with E-state index in [0.717, 1.165) is 41.2 Å². The van der Waals surface area contributed by atoms with E-state index >= 15 is 0 Å². The van der Waals surface area contributed by atoms with Crippen molar-refractivity contribution in [1.82, 2.24) is 9.88 Å². The number of rotatable bonds is 10. The molecule has 10 heteroatoms. The van der Waals surface area contributed by atoms with Crippen LogP contribution >= 0.6 is 22.7 Å². The van der Waals surface area contributed by atoms with E-state index in [2.05, 4.69) is 23.7 Å². The van der Waals surface area contributed by atoms with Crippen molar-refractivity contribution in [2.75, 3.05) is 38.2 Å². The highest BCUT2D eigenvalue weighted by Crippen LogP contribution is 2.31. The van der Waals surface area contributed by atoms with Gasteiger partial charge in [0.2, 0.25) is 0 Å². The fraction of sp³-hybridized carbons (Fsp3) is 0.333. The molecule has 0 saturated heterocycles. The largest absolute Gasteiger partial charge is 0.497 e. The monoisotopic (exact) mass is 460 g/mol. The van der Waals surface area contributed by atoms with Gasteiger partial charge in [-0.15, -0.1) is 0 Å². The van der Waals surface area contributed by atoms with Gasteiger partial charge in [-0.2, -0.15) is 0 Å². The predicted octanol–water partition coefficient (Wildman–Crippen LogP) is 4.66. The number of methoxy groups -OCH3 is 1. The lowest BCUT2D eigenvalue weighted by molar-refractivity contribution is -0.380. The highest BCUT2D eigenvalue weighted by atomic mass is 32.1. The molecule has 2 heterocycles. The standard InChI is InChI=1S/C21H24N4O4S2/c1-4-23(5-2)12-13-24(19(26)10-7-16-8-11-20(30-16)25(27)28)21-22-17-14-15(29-3)6-9-18(17)31-21/h6-11,14H,4-5,12-13H2,1-3H3. The maximum Gasteiger partial charge on any atom is 0.324 e. The van der Waals surface area contributed by atoms with Crippen molar-refractivity contribution in [2.45, 2.75) is 13.8 Å². The van der Waals surface area contributed by atoms with Gasteiger partial charge < -0.3 is 9.64 Å². The van der Waals surface area contributed by atoms with Crippen LogP contribution in [0, 0.1) is 10.1 Å². The summed E-state index contributed by atoms with van der Waals surface area (Å²) in [5.74, 6) is 0.499. The lowest BCUT2D eigenvalue weighted by Gasteiger charge is -2.23. The van der Waals surface area contributed by atoms with Gasteiger partial charge in [0.25, 0.3) is 5.91 Å². The van der Waals surface area contributed by atoms with E-state index in [9.17, 15) is 14.9 Å². The number of carbonyl (C=O) groups excluding carboxylic acids is 1. The molecule has 0 spiro atoms. The van der Waals surface area contributed by atoms with Gasteiger partial charge in [0.1, 0.15) is 5.75 Å². The number of anilines is 1. The summed E-state index contributed by atoms with van der Waals surface area (Å²) in [6.45, 7) is 7.17. The third-order valence-electron chi connectivity index (χ3n) is 4.80. The van der Waals surface area contributed by atoms with Gasteiger partial charge in [0, 0.05) is 36.2 Å². The molecule has 8 nitrogen and oxygen atoms in total. The van der Waals surface area contributed by atoms with E-state index in [1.54, 1.807) is 24.2 Å². The number of ether oxygens (including phenoxy) is 1. The van der Waals surface area contributed by atoms with Gasteiger partial charge in [0.15, 0.2) is 5.13 Å². The summed E-state index contributed by atoms with van der Waals surface area (Å²) in [5, 5.41) is 11.5. The minimum atomic E-state index is -0.435. The molecule has 0 unspecified atom stereocenters. The van der Waals surface area contributed by atoms with E-state index in [-0.39, 0.29) is 10.9 Å². The number of likely N-dealkylation sites (N-methyl/N-ethyl adjacent to an activating group) is 1. The molecule has 2 aromatic heterocycles. The Hall–Kier alpha value is -2.82. The van der Waals surface area contributed by atoms with Crippen molar-refractivity contribution in [2.24, 2.45) is 0 Å².